The normalized spacial score (nSPS) is 11.3. The van der Waals surface area contributed by atoms with Crippen molar-refractivity contribution in [3.63, 3.8) is 0 Å². The van der Waals surface area contributed by atoms with Crippen molar-refractivity contribution in [1.29, 1.82) is 0 Å². The Labute approximate surface area is 160 Å². The Morgan fingerprint density at radius 3 is 1.78 bits per heavy atom. The number of hydrogen-bond donors (Lipinski definition) is 2. The number of alkyl halides is 3. The van der Waals surface area contributed by atoms with Gasteiger partial charge in [-0.15, -0.1) is 0 Å². The third-order valence-corrected chi connectivity index (χ3v) is 3.77. The van der Waals surface area contributed by atoms with Gasteiger partial charge in [-0.2, -0.15) is 0 Å². The lowest BCUT2D eigenvalue weighted by atomic mass is 9.95. The number of benzene rings is 2. The maximum absolute atomic E-state index is 14.3. The second-order valence-corrected chi connectivity index (χ2v) is 6.75. The zero-order chi connectivity index (χ0) is 20.8. The molecule has 0 fully saturated rings. The molecule has 0 saturated carbocycles. The van der Waals surface area contributed by atoms with Crippen molar-refractivity contribution in [2.45, 2.75) is 53.1 Å². The molecule has 0 spiro atoms. The van der Waals surface area contributed by atoms with Crippen LogP contribution in [0, 0.1) is 6.92 Å². The highest BCUT2D eigenvalue weighted by atomic mass is 19.3. The van der Waals surface area contributed by atoms with E-state index in [0.29, 0.717) is 11.5 Å². The lowest BCUT2D eigenvalue weighted by Gasteiger charge is -2.21. The Bertz CT molecular complexity index is 722. The van der Waals surface area contributed by atoms with Crippen LogP contribution in [0.4, 0.5) is 24.5 Å². The Morgan fingerprint density at radius 1 is 0.815 bits per heavy atom. The van der Waals surface area contributed by atoms with Gasteiger partial charge in [0.25, 0.3) is 5.92 Å². The van der Waals surface area contributed by atoms with Gasteiger partial charge in [-0.25, -0.2) is 13.2 Å². The molecule has 0 bridgehead atoms. The quantitative estimate of drug-likeness (QED) is 0.550. The van der Waals surface area contributed by atoms with Crippen LogP contribution in [-0.2, 0) is 11.6 Å². The monoisotopic (exact) mass is 378 g/mol. The molecular formula is C22H29F3N2. The van der Waals surface area contributed by atoms with Crippen LogP contribution in [0.2, 0.25) is 0 Å². The first kappa shape index (κ1) is 22.6. The van der Waals surface area contributed by atoms with Crippen molar-refractivity contribution >= 4 is 11.4 Å². The van der Waals surface area contributed by atoms with E-state index in [4.69, 9.17) is 0 Å². The number of hydrogen-bond acceptors (Lipinski definition) is 2. The minimum absolute atomic E-state index is 0.178. The fourth-order valence-electron chi connectivity index (χ4n) is 2.31. The zero-order valence-corrected chi connectivity index (χ0v) is 16.9. The summed E-state index contributed by atoms with van der Waals surface area (Å²) in [5.41, 5.74) is 0.481. The Hall–Kier alpha value is -2.43. The van der Waals surface area contributed by atoms with Gasteiger partial charge in [0, 0.05) is 23.9 Å². The number of rotatable bonds is 6. The minimum Gasteiger partial charge on any atom is -0.342 e. The first-order valence-corrected chi connectivity index (χ1v) is 8.97. The summed E-state index contributed by atoms with van der Waals surface area (Å²) in [7, 11) is 0. The topological polar surface area (TPSA) is 24.1 Å². The van der Waals surface area contributed by atoms with Crippen LogP contribution in [0.3, 0.4) is 0 Å². The maximum atomic E-state index is 14.3. The van der Waals surface area contributed by atoms with Crippen molar-refractivity contribution in [2.75, 3.05) is 10.6 Å². The number of nitrogens with one attached hydrogen (secondary N) is 2. The maximum Gasteiger partial charge on any atom is 0.270 e. The standard InChI is InChI=1S/C20H23F3N2.C2H6/c1-13-6-8-17(9-7-13)24-14(2)25-18-11-15(19(3,4)21)10-16(12-18)20(5,22)23;1-2/h6-12,24-25H,2H2,1,3-5H3;1-2H3. The van der Waals surface area contributed by atoms with Gasteiger partial charge in [-0.05, 0) is 56.7 Å². The average Bonchev–Trinajstić information content (AvgIpc) is 2.57. The van der Waals surface area contributed by atoms with E-state index in [1.807, 2.05) is 45.0 Å². The fraction of sp³-hybridized carbons (Fsp3) is 0.364. The molecule has 0 aliphatic rings. The molecule has 0 radical (unpaired) electrons. The first-order valence-electron chi connectivity index (χ1n) is 8.97. The SMILES string of the molecule is C=C(Nc1ccc(C)cc1)Nc1cc(C(C)(C)F)cc(C(C)(F)F)c1.CC. The van der Waals surface area contributed by atoms with Gasteiger partial charge >= 0.3 is 0 Å². The number of halogens is 3. The molecule has 0 amide bonds. The van der Waals surface area contributed by atoms with Crippen molar-refractivity contribution in [1.82, 2.24) is 0 Å². The Kier molecular flexibility index (Phi) is 7.52. The van der Waals surface area contributed by atoms with Crippen LogP contribution in [0.25, 0.3) is 0 Å². The molecule has 0 aromatic heterocycles. The molecule has 0 heterocycles. The molecule has 0 saturated heterocycles. The van der Waals surface area contributed by atoms with E-state index in [1.165, 1.54) is 32.0 Å². The average molecular weight is 378 g/mol. The fourth-order valence-corrected chi connectivity index (χ4v) is 2.31. The van der Waals surface area contributed by atoms with Crippen LogP contribution >= 0.6 is 0 Å². The minimum atomic E-state index is -3.07. The van der Waals surface area contributed by atoms with Crippen molar-refractivity contribution in [2.24, 2.45) is 0 Å². The van der Waals surface area contributed by atoms with Crippen LogP contribution < -0.4 is 10.6 Å². The molecule has 2 nitrogen and oxygen atoms in total. The van der Waals surface area contributed by atoms with E-state index in [9.17, 15) is 13.2 Å². The van der Waals surface area contributed by atoms with E-state index in [2.05, 4.69) is 17.2 Å². The summed E-state index contributed by atoms with van der Waals surface area (Å²) in [5.74, 6) is -2.66. The summed E-state index contributed by atoms with van der Waals surface area (Å²) in [6.45, 7) is 13.3. The molecule has 0 aliphatic carbocycles. The van der Waals surface area contributed by atoms with Crippen LogP contribution in [0.5, 0.6) is 0 Å². The third kappa shape index (κ3) is 7.00. The summed E-state index contributed by atoms with van der Waals surface area (Å²) in [6.07, 6.45) is 0. The lowest BCUT2D eigenvalue weighted by molar-refractivity contribution is 0.0172. The molecule has 0 atom stereocenters. The lowest BCUT2D eigenvalue weighted by Crippen LogP contribution is -2.15. The van der Waals surface area contributed by atoms with Gasteiger partial charge in [-0.3, -0.25) is 0 Å². The molecular weight excluding hydrogens is 349 g/mol. The van der Waals surface area contributed by atoms with Gasteiger partial charge in [-0.1, -0.05) is 38.1 Å². The van der Waals surface area contributed by atoms with E-state index in [-0.39, 0.29) is 11.1 Å². The highest BCUT2D eigenvalue weighted by Gasteiger charge is 2.28. The molecule has 2 aromatic rings. The smallest absolute Gasteiger partial charge is 0.270 e. The predicted octanol–water partition coefficient (Wildman–Crippen LogP) is 7.33. The zero-order valence-electron chi connectivity index (χ0n) is 16.9. The summed E-state index contributed by atoms with van der Waals surface area (Å²) in [6, 6.07) is 11.7. The number of aryl methyl sites for hydroxylation is 1. The Balaban J connectivity index is 0.00000176. The van der Waals surface area contributed by atoms with Gasteiger partial charge in [0.2, 0.25) is 0 Å². The van der Waals surface area contributed by atoms with E-state index < -0.39 is 11.6 Å². The summed E-state index contributed by atoms with van der Waals surface area (Å²) < 4.78 is 41.8. The highest BCUT2D eigenvalue weighted by Crippen LogP contribution is 2.35. The molecule has 5 heteroatoms. The van der Waals surface area contributed by atoms with E-state index in [1.54, 1.807) is 0 Å². The molecule has 27 heavy (non-hydrogen) atoms. The molecule has 0 unspecified atom stereocenters. The second kappa shape index (κ2) is 8.98. The summed E-state index contributed by atoms with van der Waals surface area (Å²) in [5, 5.41) is 5.97. The predicted molar refractivity (Wildman–Crippen MR) is 109 cm³/mol. The molecule has 0 aliphatic heterocycles. The summed E-state index contributed by atoms with van der Waals surface area (Å²) >= 11 is 0. The van der Waals surface area contributed by atoms with E-state index in [0.717, 1.165) is 18.2 Å². The summed E-state index contributed by atoms with van der Waals surface area (Å²) in [4.78, 5) is 0. The van der Waals surface area contributed by atoms with Crippen LogP contribution in [0.1, 0.15) is 51.3 Å². The van der Waals surface area contributed by atoms with Gasteiger partial charge in [0.15, 0.2) is 0 Å². The molecule has 2 rings (SSSR count). The van der Waals surface area contributed by atoms with Crippen molar-refractivity contribution in [3.05, 3.63) is 71.6 Å². The van der Waals surface area contributed by atoms with Crippen molar-refractivity contribution in [3.8, 4) is 0 Å². The second-order valence-electron chi connectivity index (χ2n) is 6.75. The van der Waals surface area contributed by atoms with Gasteiger partial charge < -0.3 is 10.6 Å². The van der Waals surface area contributed by atoms with Gasteiger partial charge in [0.1, 0.15) is 11.5 Å². The van der Waals surface area contributed by atoms with Crippen LogP contribution in [-0.4, -0.2) is 0 Å². The van der Waals surface area contributed by atoms with E-state index >= 15 is 0 Å². The number of anilines is 2. The first-order chi connectivity index (χ1) is 12.4. The van der Waals surface area contributed by atoms with Crippen LogP contribution in [0.15, 0.2) is 54.9 Å². The van der Waals surface area contributed by atoms with Gasteiger partial charge in [0.05, 0.1) is 0 Å². The highest BCUT2D eigenvalue weighted by molar-refractivity contribution is 5.58. The molecule has 2 aromatic carbocycles. The third-order valence-electron chi connectivity index (χ3n) is 3.77. The molecule has 2 N–H and O–H groups in total. The van der Waals surface area contributed by atoms with Crippen molar-refractivity contribution < 1.29 is 13.2 Å². The Morgan fingerprint density at radius 2 is 1.30 bits per heavy atom. The molecule has 148 valence electrons. The largest absolute Gasteiger partial charge is 0.342 e.